The van der Waals surface area contributed by atoms with Gasteiger partial charge in [0, 0.05) is 32.0 Å². The lowest BCUT2D eigenvalue weighted by atomic mass is 9.70. The van der Waals surface area contributed by atoms with Crippen LogP contribution in [-0.2, 0) is 4.79 Å². The minimum Gasteiger partial charge on any atom is -0.302 e. The minimum absolute atomic E-state index is 0.271. The maximum Gasteiger partial charge on any atom is 0.138 e. The van der Waals surface area contributed by atoms with Crippen molar-refractivity contribution >= 4 is 5.78 Å². The highest BCUT2D eigenvalue weighted by molar-refractivity contribution is 5.81. The van der Waals surface area contributed by atoms with E-state index >= 15 is 0 Å². The third kappa shape index (κ3) is 2.00. The van der Waals surface area contributed by atoms with Crippen molar-refractivity contribution in [2.24, 2.45) is 11.3 Å². The van der Waals surface area contributed by atoms with Crippen LogP contribution in [0.15, 0.2) is 0 Å². The number of hydrogen-bond acceptors (Lipinski definition) is 2. The van der Waals surface area contributed by atoms with Crippen LogP contribution in [0.1, 0.15) is 39.5 Å². The highest BCUT2D eigenvalue weighted by Crippen LogP contribution is 2.41. The van der Waals surface area contributed by atoms with Crippen molar-refractivity contribution in [3.63, 3.8) is 0 Å². The first-order valence-corrected chi connectivity index (χ1v) is 5.84. The Balaban J connectivity index is 1.84. The summed E-state index contributed by atoms with van der Waals surface area (Å²) in [5, 5.41) is 0. The fourth-order valence-electron chi connectivity index (χ4n) is 2.72. The molecule has 0 radical (unpaired) electrons. The molecule has 14 heavy (non-hydrogen) atoms. The monoisotopic (exact) mass is 195 g/mol. The van der Waals surface area contributed by atoms with Crippen LogP contribution >= 0.6 is 0 Å². The maximum absolute atomic E-state index is 11.4. The van der Waals surface area contributed by atoms with E-state index in [-0.39, 0.29) is 5.92 Å². The molecule has 2 fully saturated rings. The lowest BCUT2D eigenvalue weighted by Gasteiger charge is -2.44. The Morgan fingerprint density at radius 2 is 2.21 bits per heavy atom. The Labute approximate surface area is 86.7 Å². The number of nitrogens with zero attached hydrogens (tertiary/aromatic N) is 1. The average Bonchev–Trinajstić information content (AvgIpc) is 2.09. The largest absolute Gasteiger partial charge is 0.302 e. The molecule has 1 aliphatic heterocycles. The first-order chi connectivity index (χ1) is 6.59. The van der Waals surface area contributed by atoms with Gasteiger partial charge in [-0.3, -0.25) is 4.79 Å². The number of carbonyl (C=O) groups excluding carboxylic acids is 1. The van der Waals surface area contributed by atoms with Gasteiger partial charge in [0.2, 0.25) is 0 Å². The summed E-state index contributed by atoms with van der Waals surface area (Å²) in [5.41, 5.74) is 0.570. The van der Waals surface area contributed by atoms with Crippen LogP contribution < -0.4 is 0 Å². The second kappa shape index (κ2) is 3.65. The van der Waals surface area contributed by atoms with Crippen LogP contribution in [-0.4, -0.2) is 30.3 Å². The van der Waals surface area contributed by atoms with Gasteiger partial charge in [0.25, 0.3) is 0 Å². The van der Waals surface area contributed by atoms with Gasteiger partial charge in [0.15, 0.2) is 0 Å². The van der Waals surface area contributed by atoms with Crippen molar-refractivity contribution in [2.45, 2.75) is 39.5 Å². The van der Waals surface area contributed by atoms with Gasteiger partial charge in [-0.15, -0.1) is 0 Å². The number of piperidine rings is 1. The zero-order valence-corrected chi connectivity index (χ0v) is 9.38. The molecule has 1 saturated carbocycles. The summed E-state index contributed by atoms with van der Waals surface area (Å²) in [7, 11) is 0. The van der Waals surface area contributed by atoms with Crippen molar-refractivity contribution in [1.82, 2.24) is 4.90 Å². The first-order valence-electron chi connectivity index (χ1n) is 5.84. The average molecular weight is 195 g/mol. The summed E-state index contributed by atoms with van der Waals surface area (Å²) in [4.78, 5) is 13.9. The quantitative estimate of drug-likeness (QED) is 0.672. The van der Waals surface area contributed by atoms with Gasteiger partial charge in [0.1, 0.15) is 5.78 Å². The topological polar surface area (TPSA) is 20.3 Å². The van der Waals surface area contributed by atoms with Crippen molar-refractivity contribution in [1.29, 1.82) is 0 Å². The first kappa shape index (κ1) is 10.2. The van der Waals surface area contributed by atoms with Crippen molar-refractivity contribution in [3.8, 4) is 0 Å². The van der Waals surface area contributed by atoms with Gasteiger partial charge in [-0.05, 0) is 18.3 Å². The molecule has 1 saturated heterocycles. The zero-order valence-electron chi connectivity index (χ0n) is 9.38. The molecule has 0 aromatic rings. The summed E-state index contributed by atoms with van der Waals surface area (Å²) >= 11 is 0. The molecule has 2 rings (SSSR count). The molecule has 0 spiro atoms. The predicted octanol–water partition coefficient (Wildman–Crippen LogP) is 2.09. The molecule has 1 heterocycles. The van der Waals surface area contributed by atoms with E-state index in [1.807, 2.05) is 0 Å². The highest BCUT2D eigenvalue weighted by atomic mass is 16.1. The van der Waals surface area contributed by atoms with E-state index in [4.69, 9.17) is 0 Å². The second-order valence-electron chi connectivity index (χ2n) is 5.52. The molecule has 2 nitrogen and oxygen atoms in total. The van der Waals surface area contributed by atoms with Crippen LogP contribution in [0.25, 0.3) is 0 Å². The predicted molar refractivity (Wildman–Crippen MR) is 57.2 cm³/mol. The van der Waals surface area contributed by atoms with Gasteiger partial charge >= 0.3 is 0 Å². The highest BCUT2D eigenvalue weighted by Gasteiger charge is 2.35. The van der Waals surface area contributed by atoms with Crippen molar-refractivity contribution < 1.29 is 4.79 Å². The summed E-state index contributed by atoms with van der Waals surface area (Å²) in [6.07, 6.45) is 4.94. The van der Waals surface area contributed by atoms with Crippen molar-refractivity contribution in [2.75, 3.05) is 19.6 Å². The molecule has 1 unspecified atom stereocenters. The summed E-state index contributed by atoms with van der Waals surface area (Å²) in [6, 6.07) is 0. The van der Waals surface area contributed by atoms with Crippen molar-refractivity contribution in [3.05, 3.63) is 0 Å². The molecule has 1 atom stereocenters. The molecule has 0 aromatic heterocycles. The zero-order chi connectivity index (χ0) is 10.2. The number of ketones is 1. The van der Waals surface area contributed by atoms with Crippen LogP contribution in [0.3, 0.4) is 0 Å². The molecular weight excluding hydrogens is 174 g/mol. The van der Waals surface area contributed by atoms with E-state index in [0.29, 0.717) is 11.2 Å². The van der Waals surface area contributed by atoms with Crippen LogP contribution in [0.2, 0.25) is 0 Å². The lowest BCUT2D eigenvalue weighted by molar-refractivity contribution is -0.126. The van der Waals surface area contributed by atoms with Crippen LogP contribution in [0, 0.1) is 11.3 Å². The smallest absolute Gasteiger partial charge is 0.138 e. The third-order valence-corrected chi connectivity index (χ3v) is 3.92. The normalized spacial score (nSPS) is 32.7. The summed E-state index contributed by atoms with van der Waals surface area (Å²) < 4.78 is 0. The SMILES string of the molecule is CC1CN(CC2(C)CCC2)CCC1=O. The number of carbonyl (C=O) groups is 1. The van der Waals surface area contributed by atoms with E-state index in [2.05, 4.69) is 18.7 Å². The fourth-order valence-corrected chi connectivity index (χ4v) is 2.72. The Morgan fingerprint density at radius 1 is 1.50 bits per heavy atom. The molecule has 1 aliphatic carbocycles. The second-order valence-corrected chi connectivity index (χ2v) is 5.52. The standard InChI is InChI=1S/C12H21NO/c1-10-8-13(7-4-11(10)14)9-12(2)5-3-6-12/h10H,3-9H2,1-2H3. The maximum atomic E-state index is 11.4. The number of Topliss-reactive ketones (excluding diaryl/α,β-unsaturated/α-hetero) is 1. The molecule has 0 N–H and O–H groups in total. The summed E-state index contributed by atoms with van der Waals surface area (Å²) in [6.45, 7) is 7.66. The number of hydrogen-bond donors (Lipinski definition) is 0. The van der Waals surface area contributed by atoms with Gasteiger partial charge in [-0.25, -0.2) is 0 Å². The Hall–Kier alpha value is -0.370. The Morgan fingerprint density at radius 3 is 2.71 bits per heavy atom. The molecule has 0 bridgehead atoms. The molecule has 0 amide bonds. The lowest BCUT2D eigenvalue weighted by Crippen LogP contribution is -2.46. The van der Waals surface area contributed by atoms with E-state index < -0.39 is 0 Å². The Bertz CT molecular complexity index is 232. The molecule has 2 aliphatic rings. The molecule has 0 aromatic carbocycles. The van der Waals surface area contributed by atoms with E-state index in [9.17, 15) is 4.79 Å². The van der Waals surface area contributed by atoms with Crippen LogP contribution in [0.5, 0.6) is 0 Å². The molecule has 2 heteroatoms. The third-order valence-electron chi connectivity index (χ3n) is 3.92. The summed E-state index contributed by atoms with van der Waals surface area (Å²) in [5.74, 6) is 0.729. The van der Waals surface area contributed by atoms with Gasteiger partial charge in [-0.1, -0.05) is 20.3 Å². The van der Waals surface area contributed by atoms with E-state index in [0.717, 1.165) is 19.5 Å². The van der Waals surface area contributed by atoms with Gasteiger partial charge in [-0.2, -0.15) is 0 Å². The van der Waals surface area contributed by atoms with E-state index in [1.54, 1.807) is 0 Å². The Kier molecular flexibility index (Phi) is 2.65. The number of likely N-dealkylation sites (tertiary alicyclic amines) is 1. The molecular formula is C12H21NO. The van der Waals surface area contributed by atoms with Gasteiger partial charge < -0.3 is 4.90 Å². The van der Waals surface area contributed by atoms with Gasteiger partial charge in [0.05, 0.1) is 0 Å². The number of rotatable bonds is 2. The van der Waals surface area contributed by atoms with Crippen LogP contribution in [0.4, 0.5) is 0 Å². The fraction of sp³-hybridized carbons (Fsp3) is 0.917. The minimum atomic E-state index is 0.271. The molecule has 80 valence electrons. The van der Waals surface area contributed by atoms with E-state index in [1.165, 1.54) is 25.8 Å².